The third-order valence-electron chi connectivity index (χ3n) is 4.75. The second kappa shape index (κ2) is 4.97. The summed E-state index contributed by atoms with van der Waals surface area (Å²) in [6.07, 6.45) is 5.40. The van der Waals surface area contributed by atoms with Crippen molar-refractivity contribution in [2.75, 3.05) is 6.54 Å². The lowest BCUT2D eigenvalue weighted by molar-refractivity contribution is -0.123. The molecule has 3 nitrogen and oxygen atoms in total. The standard InChI is InChI=1S/C16H22N2O/c17-14-8-4-5-12(14)11-18-15(19)16(9-10-16)13-6-2-1-3-7-13/h1-3,6-7,12,14H,4-5,8-11,17H2,(H,18,19). The summed E-state index contributed by atoms with van der Waals surface area (Å²) in [4.78, 5) is 12.4. The largest absolute Gasteiger partial charge is 0.355 e. The van der Waals surface area contributed by atoms with Crippen LogP contribution in [0, 0.1) is 5.92 Å². The number of rotatable bonds is 4. The molecule has 2 unspecified atom stereocenters. The molecule has 0 aliphatic heterocycles. The topological polar surface area (TPSA) is 55.1 Å². The van der Waals surface area contributed by atoms with Gasteiger partial charge in [-0.25, -0.2) is 0 Å². The monoisotopic (exact) mass is 258 g/mol. The molecule has 0 bridgehead atoms. The van der Waals surface area contributed by atoms with E-state index < -0.39 is 0 Å². The average Bonchev–Trinajstić information content (AvgIpc) is 3.16. The summed E-state index contributed by atoms with van der Waals surface area (Å²) >= 11 is 0. The number of carbonyl (C=O) groups excluding carboxylic acids is 1. The Morgan fingerprint density at radius 2 is 2.00 bits per heavy atom. The quantitative estimate of drug-likeness (QED) is 0.867. The van der Waals surface area contributed by atoms with Crippen LogP contribution in [0.15, 0.2) is 30.3 Å². The van der Waals surface area contributed by atoms with Gasteiger partial charge in [-0.1, -0.05) is 36.8 Å². The van der Waals surface area contributed by atoms with Gasteiger partial charge in [0.1, 0.15) is 0 Å². The maximum Gasteiger partial charge on any atom is 0.230 e. The van der Waals surface area contributed by atoms with Crippen LogP contribution in [0.1, 0.15) is 37.7 Å². The predicted octanol–water partition coefficient (Wildman–Crippen LogP) is 1.96. The molecule has 1 aromatic carbocycles. The first kappa shape index (κ1) is 12.7. The molecule has 2 fully saturated rings. The van der Waals surface area contributed by atoms with Gasteiger partial charge in [0.2, 0.25) is 5.91 Å². The van der Waals surface area contributed by atoms with Crippen molar-refractivity contribution in [3.05, 3.63) is 35.9 Å². The SMILES string of the molecule is NC1CCCC1CNC(=O)C1(c2ccccc2)CC1. The summed E-state index contributed by atoms with van der Waals surface area (Å²) in [5, 5.41) is 3.14. The molecule has 2 aliphatic rings. The van der Waals surface area contributed by atoms with Crippen LogP contribution in [-0.2, 0) is 10.2 Å². The summed E-state index contributed by atoms with van der Waals surface area (Å²) < 4.78 is 0. The minimum Gasteiger partial charge on any atom is -0.355 e. The van der Waals surface area contributed by atoms with Crippen LogP contribution < -0.4 is 11.1 Å². The van der Waals surface area contributed by atoms with E-state index in [1.807, 2.05) is 18.2 Å². The van der Waals surface area contributed by atoms with Crippen molar-refractivity contribution in [3.8, 4) is 0 Å². The first-order valence-corrected chi connectivity index (χ1v) is 7.32. The zero-order chi connectivity index (χ0) is 13.3. The number of carbonyl (C=O) groups is 1. The van der Waals surface area contributed by atoms with Crippen LogP contribution in [0.5, 0.6) is 0 Å². The highest BCUT2D eigenvalue weighted by Crippen LogP contribution is 2.48. The number of benzene rings is 1. The van der Waals surface area contributed by atoms with Gasteiger partial charge in [-0.05, 0) is 37.2 Å². The lowest BCUT2D eigenvalue weighted by Gasteiger charge is -2.20. The number of amides is 1. The van der Waals surface area contributed by atoms with E-state index in [2.05, 4.69) is 17.4 Å². The normalized spacial score (nSPS) is 28.1. The molecule has 2 aliphatic carbocycles. The maximum absolute atomic E-state index is 12.4. The Hall–Kier alpha value is -1.35. The van der Waals surface area contributed by atoms with Crippen molar-refractivity contribution >= 4 is 5.91 Å². The van der Waals surface area contributed by atoms with Crippen LogP contribution in [-0.4, -0.2) is 18.5 Å². The Labute approximate surface area is 114 Å². The minimum absolute atomic E-state index is 0.192. The molecule has 19 heavy (non-hydrogen) atoms. The van der Waals surface area contributed by atoms with E-state index in [0.717, 1.165) is 37.8 Å². The molecule has 2 atom stereocenters. The van der Waals surface area contributed by atoms with Crippen LogP contribution in [0.25, 0.3) is 0 Å². The zero-order valence-corrected chi connectivity index (χ0v) is 11.3. The first-order chi connectivity index (χ1) is 9.22. The van der Waals surface area contributed by atoms with Crippen molar-refractivity contribution in [2.45, 2.75) is 43.6 Å². The summed E-state index contributed by atoms with van der Waals surface area (Å²) in [6, 6.07) is 10.4. The zero-order valence-electron chi connectivity index (χ0n) is 11.3. The molecule has 1 aromatic rings. The smallest absolute Gasteiger partial charge is 0.230 e. The number of hydrogen-bond acceptors (Lipinski definition) is 2. The fourth-order valence-electron chi connectivity index (χ4n) is 3.24. The number of nitrogens with one attached hydrogen (secondary N) is 1. The van der Waals surface area contributed by atoms with Crippen molar-refractivity contribution in [1.29, 1.82) is 0 Å². The third kappa shape index (κ3) is 2.39. The second-order valence-electron chi connectivity index (χ2n) is 6.01. The Balaban J connectivity index is 1.61. The molecule has 0 heterocycles. The molecule has 0 aromatic heterocycles. The summed E-state index contributed by atoms with van der Waals surface area (Å²) in [7, 11) is 0. The fourth-order valence-corrected chi connectivity index (χ4v) is 3.24. The van der Waals surface area contributed by atoms with Crippen molar-refractivity contribution in [3.63, 3.8) is 0 Å². The summed E-state index contributed by atoms with van der Waals surface area (Å²) in [5.74, 6) is 0.660. The van der Waals surface area contributed by atoms with Crippen LogP contribution in [0.3, 0.4) is 0 Å². The predicted molar refractivity (Wildman–Crippen MR) is 75.7 cm³/mol. The van der Waals surface area contributed by atoms with Crippen molar-refractivity contribution in [2.24, 2.45) is 11.7 Å². The second-order valence-corrected chi connectivity index (χ2v) is 6.01. The van der Waals surface area contributed by atoms with Gasteiger partial charge in [-0.15, -0.1) is 0 Å². The molecular formula is C16H22N2O. The summed E-state index contributed by atoms with van der Waals surface area (Å²) in [6.45, 7) is 0.745. The van der Waals surface area contributed by atoms with E-state index in [9.17, 15) is 4.79 Å². The van der Waals surface area contributed by atoms with Gasteiger partial charge in [-0.2, -0.15) is 0 Å². The van der Waals surface area contributed by atoms with Gasteiger partial charge in [0.05, 0.1) is 5.41 Å². The fraction of sp³-hybridized carbons (Fsp3) is 0.562. The molecule has 2 saturated carbocycles. The van der Waals surface area contributed by atoms with E-state index >= 15 is 0 Å². The van der Waals surface area contributed by atoms with Crippen LogP contribution in [0.2, 0.25) is 0 Å². The van der Waals surface area contributed by atoms with Crippen molar-refractivity contribution < 1.29 is 4.79 Å². The van der Waals surface area contributed by atoms with E-state index in [1.54, 1.807) is 0 Å². The van der Waals surface area contributed by atoms with Gasteiger partial charge < -0.3 is 11.1 Å². The molecule has 0 radical (unpaired) electrons. The van der Waals surface area contributed by atoms with Gasteiger partial charge >= 0.3 is 0 Å². The van der Waals surface area contributed by atoms with Gasteiger partial charge in [0, 0.05) is 12.6 Å². The number of nitrogens with two attached hydrogens (primary N) is 1. The molecule has 102 valence electrons. The molecule has 0 spiro atoms. The highest BCUT2D eigenvalue weighted by atomic mass is 16.2. The highest BCUT2D eigenvalue weighted by molar-refractivity contribution is 5.91. The van der Waals surface area contributed by atoms with Crippen LogP contribution in [0.4, 0.5) is 0 Å². The van der Waals surface area contributed by atoms with E-state index in [1.165, 1.54) is 6.42 Å². The van der Waals surface area contributed by atoms with Crippen molar-refractivity contribution in [1.82, 2.24) is 5.32 Å². The first-order valence-electron chi connectivity index (χ1n) is 7.32. The molecular weight excluding hydrogens is 236 g/mol. The highest BCUT2D eigenvalue weighted by Gasteiger charge is 2.51. The molecule has 3 rings (SSSR count). The molecule has 1 amide bonds. The van der Waals surface area contributed by atoms with E-state index in [-0.39, 0.29) is 17.4 Å². The molecule has 3 heteroatoms. The maximum atomic E-state index is 12.4. The van der Waals surface area contributed by atoms with E-state index in [0.29, 0.717) is 5.92 Å². The lowest BCUT2D eigenvalue weighted by Crippen LogP contribution is -2.40. The Bertz CT molecular complexity index is 453. The Morgan fingerprint density at radius 1 is 1.26 bits per heavy atom. The number of hydrogen-bond donors (Lipinski definition) is 2. The average molecular weight is 258 g/mol. The minimum atomic E-state index is -0.246. The summed E-state index contributed by atoms with van der Waals surface area (Å²) in [5.41, 5.74) is 6.96. The molecule has 3 N–H and O–H groups in total. The van der Waals surface area contributed by atoms with Gasteiger partial charge in [0.25, 0.3) is 0 Å². The van der Waals surface area contributed by atoms with Crippen LogP contribution >= 0.6 is 0 Å². The van der Waals surface area contributed by atoms with Gasteiger partial charge in [0.15, 0.2) is 0 Å². The Morgan fingerprint density at radius 3 is 2.58 bits per heavy atom. The van der Waals surface area contributed by atoms with E-state index in [4.69, 9.17) is 5.73 Å². The Kier molecular flexibility index (Phi) is 3.31. The third-order valence-corrected chi connectivity index (χ3v) is 4.75. The molecule has 0 saturated heterocycles. The lowest BCUT2D eigenvalue weighted by atomic mass is 9.94. The van der Waals surface area contributed by atoms with Gasteiger partial charge in [-0.3, -0.25) is 4.79 Å².